The van der Waals surface area contributed by atoms with E-state index in [9.17, 15) is 4.79 Å². The summed E-state index contributed by atoms with van der Waals surface area (Å²) in [6.45, 7) is 4.14. The molecule has 0 aromatic heterocycles. The van der Waals surface area contributed by atoms with Gasteiger partial charge in [-0.25, -0.2) is 0 Å². The van der Waals surface area contributed by atoms with Gasteiger partial charge in [0.2, 0.25) is 0 Å². The molecule has 3 nitrogen and oxygen atoms in total. The molecule has 0 radical (unpaired) electrons. The van der Waals surface area contributed by atoms with Gasteiger partial charge in [-0.2, -0.15) is 0 Å². The summed E-state index contributed by atoms with van der Waals surface area (Å²) >= 11 is 0. The Morgan fingerprint density at radius 1 is 0.967 bits per heavy atom. The Labute approximate surface area is 177 Å². The van der Waals surface area contributed by atoms with Crippen LogP contribution in [0.4, 0.5) is 11.4 Å². The minimum absolute atomic E-state index is 0.0742. The van der Waals surface area contributed by atoms with Crippen LogP contribution in [0.25, 0.3) is 0 Å². The first-order chi connectivity index (χ1) is 14.6. The van der Waals surface area contributed by atoms with Crippen molar-refractivity contribution in [1.29, 1.82) is 0 Å². The van der Waals surface area contributed by atoms with E-state index in [1.807, 2.05) is 36.4 Å². The molecule has 3 atom stereocenters. The van der Waals surface area contributed by atoms with Gasteiger partial charge in [-0.1, -0.05) is 60.7 Å². The Bertz CT molecular complexity index is 1130. The molecule has 1 aliphatic carbocycles. The van der Waals surface area contributed by atoms with Crippen LogP contribution in [0.1, 0.15) is 51.0 Å². The second-order valence-electron chi connectivity index (χ2n) is 8.41. The molecule has 3 heteroatoms. The van der Waals surface area contributed by atoms with Gasteiger partial charge in [-0.15, -0.1) is 0 Å². The number of allylic oxidation sites excluding steroid dienone is 2. The van der Waals surface area contributed by atoms with Crippen LogP contribution in [-0.2, 0) is 0 Å². The van der Waals surface area contributed by atoms with Gasteiger partial charge in [-0.3, -0.25) is 4.79 Å². The maximum Gasteiger partial charge on any atom is 0.257 e. The molecular weight excluding hydrogens is 368 g/mol. The van der Waals surface area contributed by atoms with Crippen molar-refractivity contribution in [2.75, 3.05) is 10.6 Å². The SMILES string of the molecule is Cc1ccc(NC(=O)c2cccc3c2NC(c2ccccc2)C2CC=CC32)cc1C. The smallest absolute Gasteiger partial charge is 0.257 e. The lowest BCUT2D eigenvalue weighted by Crippen LogP contribution is -2.30. The first kappa shape index (κ1) is 18.7. The van der Waals surface area contributed by atoms with Crippen molar-refractivity contribution >= 4 is 17.3 Å². The van der Waals surface area contributed by atoms with Gasteiger partial charge in [-0.05, 0) is 66.6 Å². The van der Waals surface area contributed by atoms with Crippen LogP contribution in [-0.4, -0.2) is 5.91 Å². The lowest BCUT2D eigenvalue weighted by atomic mass is 9.76. The number of hydrogen-bond donors (Lipinski definition) is 2. The van der Waals surface area contributed by atoms with E-state index >= 15 is 0 Å². The second kappa shape index (κ2) is 7.49. The zero-order valence-corrected chi connectivity index (χ0v) is 17.4. The van der Waals surface area contributed by atoms with Crippen molar-refractivity contribution in [3.05, 3.63) is 107 Å². The average Bonchev–Trinajstić information content (AvgIpc) is 3.26. The third-order valence-corrected chi connectivity index (χ3v) is 6.56. The van der Waals surface area contributed by atoms with Crippen molar-refractivity contribution in [3.8, 4) is 0 Å². The minimum atomic E-state index is -0.0742. The number of fused-ring (bicyclic) bond motifs is 3. The highest BCUT2D eigenvalue weighted by molar-refractivity contribution is 6.08. The molecule has 5 rings (SSSR count). The predicted molar refractivity (Wildman–Crippen MR) is 123 cm³/mol. The molecular formula is C27H26N2O. The molecule has 0 fully saturated rings. The first-order valence-corrected chi connectivity index (χ1v) is 10.6. The van der Waals surface area contributed by atoms with Crippen molar-refractivity contribution < 1.29 is 4.79 Å². The Balaban J connectivity index is 1.52. The van der Waals surface area contributed by atoms with E-state index < -0.39 is 0 Å². The largest absolute Gasteiger partial charge is 0.377 e. The second-order valence-corrected chi connectivity index (χ2v) is 8.41. The summed E-state index contributed by atoms with van der Waals surface area (Å²) in [4.78, 5) is 13.2. The van der Waals surface area contributed by atoms with Crippen LogP contribution in [0.5, 0.6) is 0 Å². The van der Waals surface area contributed by atoms with E-state index in [-0.39, 0.29) is 11.9 Å². The Morgan fingerprint density at radius 2 is 1.80 bits per heavy atom. The Hall–Kier alpha value is -3.33. The normalized spacial score (nSPS) is 21.5. The summed E-state index contributed by atoms with van der Waals surface area (Å²) < 4.78 is 0. The number of benzene rings is 3. The predicted octanol–water partition coefficient (Wildman–Crippen LogP) is 6.38. The first-order valence-electron chi connectivity index (χ1n) is 10.6. The molecule has 1 amide bonds. The molecule has 30 heavy (non-hydrogen) atoms. The van der Waals surface area contributed by atoms with Crippen molar-refractivity contribution in [1.82, 2.24) is 0 Å². The summed E-state index contributed by atoms with van der Waals surface area (Å²) in [5, 5.41) is 6.83. The molecule has 2 N–H and O–H groups in total. The third kappa shape index (κ3) is 3.21. The van der Waals surface area contributed by atoms with Crippen LogP contribution < -0.4 is 10.6 Å². The summed E-state index contributed by atoms with van der Waals surface area (Å²) in [7, 11) is 0. The summed E-state index contributed by atoms with van der Waals surface area (Å²) in [6, 6.07) is 22.9. The summed E-state index contributed by atoms with van der Waals surface area (Å²) in [5.74, 6) is 0.730. The van der Waals surface area contributed by atoms with Gasteiger partial charge >= 0.3 is 0 Å². The third-order valence-electron chi connectivity index (χ3n) is 6.56. The van der Waals surface area contributed by atoms with E-state index in [2.05, 4.69) is 67.0 Å². The zero-order valence-electron chi connectivity index (χ0n) is 17.4. The number of carbonyl (C=O) groups excluding carboxylic acids is 1. The van der Waals surface area contributed by atoms with Crippen LogP contribution >= 0.6 is 0 Å². The number of nitrogens with one attached hydrogen (secondary N) is 2. The molecule has 0 saturated carbocycles. The highest BCUT2D eigenvalue weighted by atomic mass is 16.1. The quantitative estimate of drug-likeness (QED) is 0.506. The number of carbonyl (C=O) groups is 1. The molecule has 3 unspecified atom stereocenters. The fourth-order valence-corrected chi connectivity index (χ4v) is 4.82. The highest BCUT2D eigenvalue weighted by Crippen LogP contribution is 2.50. The van der Waals surface area contributed by atoms with Crippen LogP contribution in [0.3, 0.4) is 0 Å². The molecule has 3 aromatic rings. The lowest BCUT2D eigenvalue weighted by Gasteiger charge is -2.38. The molecule has 3 aromatic carbocycles. The fraction of sp³-hybridized carbons (Fsp3) is 0.222. The van der Waals surface area contributed by atoms with Gasteiger partial charge in [0.05, 0.1) is 17.3 Å². The topological polar surface area (TPSA) is 41.1 Å². The minimum Gasteiger partial charge on any atom is -0.377 e. The van der Waals surface area contributed by atoms with Gasteiger partial charge in [0, 0.05) is 11.6 Å². The molecule has 2 aliphatic rings. The van der Waals surface area contributed by atoms with Gasteiger partial charge in [0.15, 0.2) is 0 Å². The Kier molecular flexibility index (Phi) is 4.66. The number of rotatable bonds is 3. The molecule has 1 aliphatic heterocycles. The van der Waals surface area contributed by atoms with Crippen molar-refractivity contribution in [2.24, 2.45) is 5.92 Å². The van der Waals surface area contributed by atoms with E-state index in [0.717, 1.165) is 17.8 Å². The highest BCUT2D eigenvalue weighted by Gasteiger charge is 2.39. The number of aryl methyl sites for hydroxylation is 2. The molecule has 0 spiro atoms. The summed E-state index contributed by atoms with van der Waals surface area (Å²) in [5.41, 5.74) is 7.36. The molecule has 1 heterocycles. The van der Waals surface area contributed by atoms with Crippen molar-refractivity contribution in [2.45, 2.75) is 32.2 Å². The van der Waals surface area contributed by atoms with Crippen LogP contribution in [0, 0.1) is 19.8 Å². The maximum absolute atomic E-state index is 13.2. The number of para-hydroxylation sites is 1. The molecule has 0 saturated heterocycles. The van der Waals surface area contributed by atoms with E-state index in [0.29, 0.717) is 17.4 Å². The molecule has 150 valence electrons. The van der Waals surface area contributed by atoms with E-state index in [4.69, 9.17) is 0 Å². The number of anilines is 2. The number of amides is 1. The standard InChI is InChI=1S/C27H26N2O/c1-17-14-15-20(16-18(17)2)28-27(30)24-13-7-12-23-21-10-6-11-22(21)25(29-26(23)24)19-8-4-3-5-9-19/h3-10,12-16,21-22,25,29H,11H2,1-2H3,(H,28,30). The fourth-order valence-electron chi connectivity index (χ4n) is 4.82. The van der Waals surface area contributed by atoms with Gasteiger partial charge < -0.3 is 10.6 Å². The monoisotopic (exact) mass is 394 g/mol. The lowest BCUT2D eigenvalue weighted by molar-refractivity contribution is 0.102. The summed E-state index contributed by atoms with van der Waals surface area (Å²) in [6.07, 6.45) is 5.64. The van der Waals surface area contributed by atoms with Crippen molar-refractivity contribution in [3.63, 3.8) is 0 Å². The van der Waals surface area contributed by atoms with E-state index in [1.165, 1.54) is 22.3 Å². The van der Waals surface area contributed by atoms with Crippen LogP contribution in [0.15, 0.2) is 78.9 Å². The average molecular weight is 395 g/mol. The van der Waals surface area contributed by atoms with Gasteiger partial charge in [0.1, 0.15) is 0 Å². The maximum atomic E-state index is 13.2. The van der Waals surface area contributed by atoms with Crippen LogP contribution in [0.2, 0.25) is 0 Å². The number of hydrogen-bond acceptors (Lipinski definition) is 2. The zero-order chi connectivity index (χ0) is 20.7. The molecule has 0 bridgehead atoms. The Morgan fingerprint density at radius 3 is 2.60 bits per heavy atom. The van der Waals surface area contributed by atoms with Gasteiger partial charge in [0.25, 0.3) is 5.91 Å². The van der Waals surface area contributed by atoms with E-state index in [1.54, 1.807) is 0 Å².